The monoisotopic (exact) mass is 449 g/mol. The highest BCUT2D eigenvalue weighted by Gasteiger charge is 2.27. The summed E-state index contributed by atoms with van der Waals surface area (Å²) in [5.74, 6) is 0.192. The summed E-state index contributed by atoms with van der Waals surface area (Å²) < 4.78 is 43.0. The van der Waals surface area contributed by atoms with Crippen molar-refractivity contribution in [2.24, 2.45) is 0 Å². The van der Waals surface area contributed by atoms with Crippen molar-refractivity contribution in [2.45, 2.75) is 4.90 Å². The van der Waals surface area contributed by atoms with Crippen LogP contribution >= 0.6 is 0 Å². The first kappa shape index (κ1) is 22.5. The lowest BCUT2D eigenvalue weighted by Gasteiger charge is -2.26. The van der Waals surface area contributed by atoms with Crippen molar-refractivity contribution in [1.82, 2.24) is 4.31 Å². The first-order valence-electron chi connectivity index (χ1n) is 9.43. The van der Waals surface area contributed by atoms with Gasteiger partial charge in [0.15, 0.2) is 6.61 Å². The van der Waals surface area contributed by atoms with Crippen LogP contribution < -0.4 is 20.1 Å². The smallest absolute Gasteiger partial charge is 0.262 e. The molecule has 1 fully saturated rings. The molecule has 2 N–H and O–H groups in total. The molecule has 0 aromatic heterocycles. The van der Waals surface area contributed by atoms with Crippen LogP contribution in [-0.4, -0.2) is 65.1 Å². The van der Waals surface area contributed by atoms with Gasteiger partial charge in [-0.25, -0.2) is 8.42 Å². The number of anilines is 2. The van der Waals surface area contributed by atoms with Crippen molar-refractivity contribution in [3.8, 4) is 11.5 Å². The van der Waals surface area contributed by atoms with Gasteiger partial charge in [0.2, 0.25) is 16.4 Å². The number of sulfonamides is 1. The van der Waals surface area contributed by atoms with Crippen LogP contribution in [0.3, 0.4) is 0 Å². The molecule has 2 aromatic rings. The molecule has 1 saturated heterocycles. The van der Waals surface area contributed by atoms with Crippen LogP contribution in [0, 0.1) is 0 Å². The maximum Gasteiger partial charge on any atom is 0.262 e. The number of hydrogen-bond donors (Lipinski definition) is 2. The van der Waals surface area contributed by atoms with Gasteiger partial charge in [0.05, 0.1) is 30.9 Å². The average Bonchev–Trinajstić information content (AvgIpc) is 2.79. The third-order valence-electron chi connectivity index (χ3n) is 4.48. The molecule has 0 bridgehead atoms. The van der Waals surface area contributed by atoms with Gasteiger partial charge in [-0.1, -0.05) is 6.07 Å². The van der Waals surface area contributed by atoms with Crippen LogP contribution in [0.15, 0.2) is 47.4 Å². The number of carbonyl (C=O) groups is 2. The van der Waals surface area contributed by atoms with Crippen molar-refractivity contribution in [3.05, 3.63) is 42.5 Å². The van der Waals surface area contributed by atoms with E-state index in [-0.39, 0.29) is 30.3 Å². The molecule has 10 nitrogen and oxygen atoms in total. The van der Waals surface area contributed by atoms with Crippen molar-refractivity contribution in [2.75, 3.05) is 50.7 Å². The van der Waals surface area contributed by atoms with E-state index in [0.717, 1.165) is 0 Å². The molecular formula is C20H23N3O7S. The van der Waals surface area contributed by atoms with Gasteiger partial charge in [0.1, 0.15) is 11.5 Å². The molecule has 0 aliphatic carbocycles. The molecule has 1 heterocycles. The number of methoxy groups -OCH3 is 1. The summed E-state index contributed by atoms with van der Waals surface area (Å²) in [6.45, 7) is 0.873. The number of morpholine rings is 1. The predicted molar refractivity (Wildman–Crippen MR) is 113 cm³/mol. The Morgan fingerprint density at radius 3 is 2.68 bits per heavy atom. The van der Waals surface area contributed by atoms with Gasteiger partial charge in [-0.3, -0.25) is 9.59 Å². The van der Waals surface area contributed by atoms with E-state index in [0.29, 0.717) is 36.8 Å². The summed E-state index contributed by atoms with van der Waals surface area (Å²) in [4.78, 5) is 23.0. The fourth-order valence-electron chi connectivity index (χ4n) is 2.96. The summed E-state index contributed by atoms with van der Waals surface area (Å²) >= 11 is 0. The molecule has 0 spiro atoms. The molecule has 0 atom stereocenters. The van der Waals surface area contributed by atoms with Gasteiger partial charge in [-0.2, -0.15) is 4.31 Å². The van der Waals surface area contributed by atoms with Gasteiger partial charge in [0, 0.05) is 24.8 Å². The van der Waals surface area contributed by atoms with Crippen LogP contribution in [0.1, 0.15) is 0 Å². The molecule has 0 saturated carbocycles. The van der Waals surface area contributed by atoms with E-state index in [1.165, 1.54) is 29.6 Å². The maximum atomic E-state index is 12.9. The first-order valence-corrected chi connectivity index (χ1v) is 10.9. The molecule has 1 aliphatic heterocycles. The normalized spacial score (nSPS) is 14.5. The molecule has 2 amide bonds. The van der Waals surface area contributed by atoms with Crippen molar-refractivity contribution < 1.29 is 32.2 Å². The Kier molecular flexibility index (Phi) is 7.45. The molecule has 0 radical (unpaired) electrons. The zero-order valence-corrected chi connectivity index (χ0v) is 17.7. The molecule has 11 heteroatoms. The minimum absolute atomic E-state index is 0.0408. The number of amides is 2. The van der Waals surface area contributed by atoms with Crippen molar-refractivity contribution in [3.63, 3.8) is 0 Å². The summed E-state index contributed by atoms with van der Waals surface area (Å²) in [5, 5.41) is 5.11. The Morgan fingerprint density at radius 1 is 1.19 bits per heavy atom. The number of benzene rings is 2. The number of nitrogens with one attached hydrogen (secondary N) is 2. The van der Waals surface area contributed by atoms with Gasteiger partial charge >= 0.3 is 0 Å². The molecule has 31 heavy (non-hydrogen) atoms. The van der Waals surface area contributed by atoms with Crippen LogP contribution in [0.5, 0.6) is 11.5 Å². The number of hydrogen-bond acceptors (Lipinski definition) is 7. The summed E-state index contributed by atoms with van der Waals surface area (Å²) in [5.41, 5.74) is 0.734. The zero-order chi connectivity index (χ0) is 22.3. The summed E-state index contributed by atoms with van der Waals surface area (Å²) in [6.07, 6.45) is 0.538. The quantitative estimate of drug-likeness (QED) is 0.553. The van der Waals surface area contributed by atoms with E-state index in [9.17, 15) is 18.0 Å². The Morgan fingerprint density at radius 2 is 1.97 bits per heavy atom. The number of nitrogens with zero attached hydrogens (tertiary/aromatic N) is 1. The molecule has 2 aromatic carbocycles. The van der Waals surface area contributed by atoms with Gasteiger partial charge in [-0.05, 0) is 30.3 Å². The molecule has 166 valence electrons. The lowest BCUT2D eigenvalue weighted by molar-refractivity contribution is -0.118. The van der Waals surface area contributed by atoms with Gasteiger partial charge in [0.25, 0.3) is 5.91 Å². The largest absolute Gasteiger partial charge is 0.495 e. The highest BCUT2D eigenvalue weighted by molar-refractivity contribution is 7.89. The Balaban J connectivity index is 1.71. The van der Waals surface area contributed by atoms with E-state index in [1.54, 1.807) is 24.3 Å². The second-order valence-electron chi connectivity index (χ2n) is 6.51. The highest BCUT2D eigenvalue weighted by Crippen LogP contribution is 2.29. The average molecular weight is 449 g/mol. The minimum Gasteiger partial charge on any atom is -0.495 e. The van der Waals surface area contributed by atoms with E-state index in [1.807, 2.05) is 0 Å². The Labute approximate surface area is 180 Å². The topological polar surface area (TPSA) is 123 Å². The molecular weight excluding hydrogens is 426 g/mol. The number of ether oxygens (including phenoxy) is 3. The van der Waals surface area contributed by atoms with E-state index in [2.05, 4.69) is 10.6 Å². The second-order valence-corrected chi connectivity index (χ2v) is 8.44. The minimum atomic E-state index is -3.73. The lowest BCUT2D eigenvalue weighted by Crippen LogP contribution is -2.40. The SMILES string of the molecule is COc1ccc(S(=O)(=O)N2CCOCC2)cc1NC(=O)COc1cccc(NC=O)c1. The van der Waals surface area contributed by atoms with Crippen LogP contribution in [0.4, 0.5) is 11.4 Å². The van der Waals surface area contributed by atoms with Crippen LogP contribution in [-0.2, 0) is 24.3 Å². The van der Waals surface area contributed by atoms with Gasteiger partial charge < -0.3 is 24.8 Å². The standard InChI is InChI=1S/C20H23N3O7S/c1-28-19-6-5-17(31(26,27)23-7-9-29-10-8-23)12-18(19)22-20(25)13-30-16-4-2-3-15(11-16)21-14-24/h2-6,11-12,14H,7-10,13H2,1H3,(H,21,24)(H,22,25). The van der Waals surface area contributed by atoms with E-state index >= 15 is 0 Å². The van der Waals surface area contributed by atoms with Crippen LogP contribution in [0.25, 0.3) is 0 Å². The molecule has 1 aliphatic rings. The third-order valence-corrected chi connectivity index (χ3v) is 6.38. The fourth-order valence-corrected chi connectivity index (χ4v) is 4.39. The molecule has 0 unspecified atom stereocenters. The molecule has 3 rings (SSSR count). The van der Waals surface area contributed by atoms with Crippen molar-refractivity contribution in [1.29, 1.82) is 0 Å². The highest BCUT2D eigenvalue weighted by atomic mass is 32.2. The van der Waals surface area contributed by atoms with Gasteiger partial charge in [-0.15, -0.1) is 0 Å². The summed E-state index contributed by atoms with van der Waals surface area (Å²) in [6, 6.07) is 10.8. The zero-order valence-electron chi connectivity index (χ0n) is 16.9. The van der Waals surface area contributed by atoms with E-state index in [4.69, 9.17) is 14.2 Å². The maximum absolute atomic E-state index is 12.9. The first-order chi connectivity index (χ1) is 14.9. The Bertz CT molecular complexity index is 1040. The lowest BCUT2D eigenvalue weighted by atomic mass is 10.3. The van der Waals surface area contributed by atoms with E-state index < -0.39 is 15.9 Å². The van der Waals surface area contributed by atoms with Crippen LogP contribution in [0.2, 0.25) is 0 Å². The number of carbonyl (C=O) groups excluding carboxylic acids is 2. The predicted octanol–water partition coefficient (Wildman–Crippen LogP) is 1.30. The van der Waals surface area contributed by atoms with Crippen molar-refractivity contribution >= 4 is 33.7 Å². The third kappa shape index (κ3) is 5.72. The summed E-state index contributed by atoms with van der Waals surface area (Å²) in [7, 11) is -2.31. The Hall–Kier alpha value is -3.15. The second kappa shape index (κ2) is 10.2. The number of rotatable bonds is 9. The fraction of sp³-hybridized carbons (Fsp3) is 0.300.